The van der Waals surface area contributed by atoms with Gasteiger partial charge in [-0.3, -0.25) is 9.59 Å². The molecule has 0 bridgehead atoms. The summed E-state index contributed by atoms with van der Waals surface area (Å²) >= 11 is 0. The Hall–Kier alpha value is -2.44. The second kappa shape index (κ2) is 5.68. The number of aromatic carboxylic acids is 1. The summed E-state index contributed by atoms with van der Waals surface area (Å²) in [5, 5.41) is 8.75. The summed E-state index contributed by atoms with van der Waals surface area (Å²) in [4.78, 5) is 39.4. The van der Waals surface area contributed by atoms with Gasteiger partial charge in [-0.25, -0.2) is 9.78 Å². The summed E-state index contributed by atoms with van der Waals surface area (Å²) in [5.74, 6) is -2.13. The van der Waals surface area contributed by atoms with Crippen molar-refractivity contribution in [1.29, 1.82) is 0 Å². The Kier molecular flexibility index (Phi) is 3.97. The van der Waals surface area contributed by atoms with E-state index in [2.05, 4.69) is 4.98 Å². The fraction of sp³-hybridized carbons (Fsp3) is 0.385. The zero-order valence-electron chi connectivity index (χ0n) is 10.8. The van der Waals surface area contributed by atoms with Gasteiger partial charge in [0.15, 0.2) is 0 Å². The van der Waals surface area contributed by atoms with Crippen molar-refractivity contribution in [2.45, 2.75) is 12.8 Å². The topological polar surface area (TPSA) is 114 Å². The number of carbonyl (C=O) groups is 3. The molecular weight excluding hydrogens is 262 g/mol. The van der Waals surface area contributed by atoms with E-state index in [4.69, 9.17) is 10.8 Å². The SMILES string of the molecule is NC(=O)[C@@H]1CCCN(C(=O)c2ccc(C(=O)O)nc2)C1. The quantitative estimate of drug-likeness (QED) is 0.814. The first-order valence-electron chi connectivity index (χ1n) is 6.27. The number of hydrogen-bond donors (Lipinski definition) is 2. The molecule has 0 saturated carbocycles. The molecule has 0 unspecified atom stereocenters. The lowest BCUT2D eigenvalue weighted by atomic mass is 9.97. The highest BCUT2D eigenvalue weighted by atomic mass is 16.4. The molecule has 2 rings (SSSR count). The van der Waals surface area contributed by atoms with Crippen molar-refractivity contribution in [2.24, 2.45) is 11.7 Å². The minimum atomic E-state index is -1.14. The molecular formula is C13H15N3O4. The van der Waals surface area contributed by atoms with Gasteiger partial charge in [-0.15, -0.1) is 0 Å². The first-order chi connectivity index (χ1) is 9.49. The first kappa shape index (κ1) is 14.0. The number of aromatic nitrogens is 1. The molecule has 1 saturated heterocycles. The molecule has 0 radical (unpaired) electrons. The van der Waals surface area contributed by atoms with Crippen LogP contribution in [0.25, 0.3) is 0 Å². The van der Waals surface area contributed by atoms with Gasteiger partial charge >= 0.3 is 5.97 Å². The fourth-order valence-corrected chi connectivity index (χ4v) is 2.22. The van der Waals surface area contributed by atoms with Crippen LogP contribution in [0.2, 0.25) is 0 Å². The number of piperidine rings is 1. The first-order valence-corrected chi connectivity index (χ1v) is 6.27. The molecule has 2 heterocycles. The number of carboxylic acids is 1. The monoisotopic (exact) mass is 277 g/mol. The van der Waals surface area contributed by atoms with Gasteiger partial charge in [0.1, 0.15) is 5.69 Å². The zero-order valence-corrected chi connectivity index (χ0v) is 10.8. The van der Waals surface area contributed by atoms with E-state index in [1.54, 1.807) is 4.90 Å². The van der Waals surface area contributed by atoms with E-state index in [0.717, 1.165) is 6.42 Å². The molecule has 1 aromatic heterocycles. The van der Waals surface area contributed by atoms with Gasteiger partial charge in [-0.1, -0.05) is 0 Å². The lowest BCUT2D eigenvalue weighted by Crippen LogP contribution is -2.44. The second-order valence-electron chi connectivity index (χ2n) is 4.73. The molecule has 1 fully saturated rings. The van der Waals surface area contributed by atoms with Crippen LogP contribution in [-0.4, -0.2) is 45.9 Å². The number of primary amides is 1. The van der Waals surface area contributed by atoms with Crippen molar-refractivity contribution < 1.29 is 19.5 Å². The van der Waals surface area contributed by atoms with Gasteiger partial charge < -0.3 is 15.7 Å². The molecule has 1 aliphatic heterocycles. The van der Waals surface area contributed by atoms with Gasteiger partial charge in [0.25, 0.3) is 5.91 Å². The third-order valence-electron chi connectivity index (χ3n) is 3.34. The maximum absolute atomic E-state index is 12.2. The van der Waals surface area contributed by atoms with Crippen molar-refractivity contribution in [3.8, 4) is 0 Å². The van der Waals surface area contributed by atoms with E-state index in [9.17, 15) is 14.4 Å². The number of nitrogens with zero attached hydrogens (tertiary/aromatic N) is 2. The van der Waals surface area contributed by atoms with Crippen LogP contribution in [0.15, 0.2) is 18.3 Å². The van der Waals surface area contributed by atoms with E-state index < -0.39 is 11.9 Å². The summed E-state index contributed by atoms with van der Waals surface area (Å²) in [5.41, 5.74) is 5.46. The number of rotatable bonds is 3. The van der Waals surface area contributed by atoms with Crippen LogP contribution in [0.5, 0.6) is 0 Å². The Labute approximate surface area is 115 Å². The van der Waals surface area contributed by atoms with Crippen LogP contribution >= 0.6 is 0 Å². The Morgan fingerprint density at radius 1 is 1.35 bits per heavy atom. The normalized spacial score (nSPS) is 18.6. The Morgan fingerprint density at radius 3 is 2.65 bits per heavy atom. The average Bonchev–Trinajstić information content (AvgIpc) is 2.46. The van der Waals surface area contributed by atoms with Gasteiger partial charge in [-0.05, 0) is 25.0 Å². The summed E-state index contributed by atoms with van der Waals surface area (Å²) < 4.78 is 0. The molecule has 0 aliphatic carbocycles. The van der Waals surface area contributed by atoms with Crippen LogP contribution in [0.4, 0.5) is 0 Å². The number of carbonyl (C=O) groups excluding carboxylic acids is 2. The Bertz CT molecular complexity index is 541. The van der Waals surface area contributed by atoms with Crippen LogP contribution in [0.1, 0.15) is 33.7 Å². The van der Waals surface area contributed by atoms with E-state index in [1.165, 1.54) is 18.3 Å². The number of amides is 2. The number of likely N-dealkylation sites (tertiary alicyclic amines) is 1. The number of nitrogens with two attached hydrogens (primary N) is 1. The lowest BCUT2D eigenvalue weighted by Gasteiger charge is -2.31. The predicted octanol–water partition coefficient (Wildman–Crippen LogP) is 0.117. The van der Waals surface area contributed by atoms with Crippen LogP contribution in [-0.2, 0) is 4.79 Å². The summed E-state index contributed by atoms with van der Waals surface area (Å²) in [6.45, 7) is 0.859. The second-order valence-corrected chi connectivity index (χ2v) is 4.73. The molecule has 1 aliphatic rings. The highest BCUT2D eigenvalue weighted by Gasteiger charge is 2.27. The third kappa shape index (κ3) is 2.93. The van der Waals surface area contributed by atoms with Crippen molar-refractivity contribution in [2.75, 3.05) is 13.1 Å². The van der Waals surface area contributed by atoms with Crippen molar-refractivity contribution >= 4 is 17.8 Å². The highest BCUT2D eigenvalue weighted by Crippen LogP contribution is 2.18. The van der Waals surface area contributed by atoms with Crippen LogP contribution < -0.4 is 5.73 Å². The molecule has 1 atom stereocenters. The van der Waals surface area contributed by atoms with E-state index in [0.29, 0.717) is 25.1 Å². The van der Waals surface area contributed by atoms with Crippen molar-refractivity contribution in [1.82, 2.24) is 9.88 Å². The maximum atomic E-state index is 12.2. The summed E-state index contributed by atoms with van der Waals surface area (Å²) in [6, 6.07) is 2.71. The lowest BCUT2D eigenvalue weighted by molar-refractivity contribution is -0.123. The highest BCUT2D eigenvalue weighted by molar-refractivity contribution is 5.95. The molecule has 20 heavy (non-hydrogen) atoms. The minimum absolute atomic E-state index is 0.116. The van der Waals surface area contributed by atoms with Gasteiger partial charge in [0.05, 0.1) is 11.5 Å². The standard InChI is InChI=1S/C13H15N3O4/c14-11(17)9-2-1-5-16(7-9)12(18)8-3-4-10(13(19)20)15-6-8/h3-4,6,9H,1-2,5,7H2,(H2,14,17)(H,19,20)/t9-/m1/s1. The van der Waals surface area contributed by atoms with E-state index in [1.807, 2.05) is 0 Å². The van der Waals surface area contributed by atoms with Crippen LogP contribution in [0, 0.1) is 5.92 Å². The van der Waals surface area contributed by atoms with Crippen molar-refractivity contribution in [3.05, 3.63) is 29.6 Å². The molecule has 0 aromatic carbocycles. The number of pyridine rings is 1. The molecule has 7 heteroatoms. The smallest absolute Gasteiger partial charge is 0.354 e. The third-order valence-corrected chi connectivity index (χ3v) is 3.34. The average molecular weight is 277 g/mol. The van der Waals surface area contributed by atoms with E-state index >= 15 is 0 Å². The van der Waals surface area contributed by atoms with Crippen LogP contribution in [0.3, 0.4) is 0 Å². The number of carboxylic acid groups (broad SMARTS) is 1. The predicted molar refractivity (Wildman–Crippen MR) is 69.0 cm³/mol. The fourth-order valence-electron chi connectivity index (χ4n) is 2.22. The molecule has 1 aromatic rings. The summed E-state index contributed by atoms with van der Waals surface area (Å²) in [7, 11) is 0. The summed E-state index contributed by atoms with van der Waals surface area (Å²) in [6.07, 6.45) is 2.65. The zero-order chi connectivity index (χ0) is 14.7. The molecule has 0 spiro atoms. The minimum Gasteiger partial charge on any atom is -0.477 e. The van der Waals surface area contributed by atoms with Gasteiger partial charge in [-0.2, -0.15) is 0 Å². The van der Waals surface area contributed by atoms with Gasteiger partial charge in [0, 0.05) is 19.3 Å². The Morgan fingerprint density at radius 2 is 2.10 bits per heavy atom. The largest absolute Gasteiger partial charge is 0.477 e. The Balaban J connectivity index is 2.10. The number of hydrogen-bond acceptors (Lipinski definition) is 4. The van der Waals surface area contributed by atoms with E-state index in [-0.39, 0.29) is 17.5 Å². The maximum Gasteiger partial charge on any atom is 0.354 e. The molecule has 2 amide bonds. The van der Waals surface area contributed by atoms with Gasteiger partial charge in [0.2, 0.25) is 5.91 Å². The molecule has 106 valence electrons. The van der Waals surface area contributed by atoms with Crippen molar-refractivity contribution in [3.63, 3.8) is 0 Å². The molecule has 7 nitrogen and oxygen atoms in total. The molecule has 3 N–H and O–H groups in total.